The summed E-state index contributed by atoms with van der Waals surface area (Å²) in [6.45, 7) is -0.936. The van der Waals surface area contributed by atoms with Crippen molar-refractivity contribution in [3.8, 4) is 0 Å². The third-order valence-electron chi connectivity index (χ3n) is 7.46. The molecule has 0 aromatic heterocycles. The van der Waals surface area contributed by atoms with Crippen LogP contribution in [0.3, 0.4) is 0 Å². The van der Waals surface area contributed by atoms with E-state index in [9.17, 15) is 31.2 Å². The largest absolute Gasteiger partial charge is 0.416 e. The summed E-state index contributed by atoms with van der Waals surface area (Å²) in [6, 6.07) is 17.3. The Morgan fingerprint density at radius 2 is 1.64 bits per heavy atom. The zero-order chi connectivity index (χ0) is 32.1. The summed E-state index contributed by atoms with van der Waals surface area (Å²) in [6.07, 6.45) is -0.317. The molecule has 1 atom stereocenters. The van der Waals surface area contributed by atoms with Gasteiger partial charge < -0.3 is 10.2 Å². The number of anilines is 1. The maximum Gasteiger partial charge on any atom is 0.416 e. The Bertz CT molecular complexity index is 1570. The van der Waals surface area contributed by atoms with Crippen LogP contribution in [-0.2, 0) is 38.8 Å². The van der Waals surface area contributed by atoms with Crippen LogP contribution in [-0.4, -0.2) is 50.0 Å². The normalized spacial score (nSPS) is 14.7. The molecule has 1 fully saturated rings. The van der Waals surface area contributed by atoms with Crippen LogP contribution in [0.2, 0.25) is 5.02 Å². The highest BCUT2D eigenvalue weighted by Gasteiger charge is 2.36. The van der Waals surface area contributed by atoms with Crippen LogP contribution < -0.4 is 9.62 Å². The number of hydrogen-bond acceptors (Lipinski definition) is 4. The Morgan fingerprint density at radius 3 is 2.23 bits per heavy atom. The molecule has 1 saturated carbocycles. The van der Waals surface area contributed by atoms with Gasteiger partial charge in [0, 0.05) is 23.5 Å². The lowest BCUT2D eigenvalue weighted by Gasteiger charge is -2.34. The van der Waals surface area contributed by atoms with E-state index >= 15 is 0 Å². The van der Waals surface area contributed by atoms with Gasteiger partial charge in [-0.2, -0.15) is 13.2 Å². The highest BCUT2D eigenvalue weighted by atomic mass is 79.9. The average Bonchev–Trinajstić information content (AvgIpc) is 3.47. The number of nitrogens with zero attached hydrogens (tertiary/aromatic N) is 2. The van der Waals surface area contributed by atoms with Gasteiger partial charge in [-0.25, -0.2) is 8.42 Å². The molecule has 0 radical (unpaired) electrons. The monoisotopic (exact) mass is 713 g/mol. The predicted molar refractivity (Wildman–Crippen MR) is 168 cm³/mol. The highest BCUT2D eigenvalue weighted by molar-refractivity contribution is 9.10. The first-order valence-electron chi connectivity index (χ1n) is 13.9. The first-order chi connectivity index (χ1) is 20.7. The Morgan fingerprint density at radius 1 is 1.00 bits per heavy atom. The van der Waals surface area contributed by atoms with E-state index in [1.54, 1.807) is 24.3 Å². The number of halogens is 5. The number of rotatable bonds is 11. The van der Waals surface area contributed by atoms with Gasteiger partial charge in [0.2, 0.25) is 21.8 Å². The highest BCUT2D eigenvalue weighted by Crippen LogP contribution is 2.36. The van der Waals surface area contributed by atoms with Gasteiger partial charge in [-0.3, -0.25) is 13.9 Å². The van der Waals surface area contributed by atoms with E-state index in [0.29, 0.717) is 15.9 Å². The summed E-state index contributed by atoms with van der Waals surface area (Å²) in [4.78, 5) is 29.3. The zero-order valence-electron chi connectivity index (χ0n) is 23.9. The molecule has 0 aliphatic heterocycles. The average molecular weight is 715 g/mol. The summed E-state index contributed by atoms with van der Waals surface area (Å²) in [5, 5.41) is 2.78. The number of amides is 2. The number of carbonyl (C=O) groups excluding carboxylic acids is 2. The maximum absolute atomic E-state index is 14.2. The first kappa shape index (κ1) is 33.8. The molecule has 0 unspecified atom stereocenters. The third-order valence-corrected chi connectivity index (χ3v) is 9.43. The van der Waals surface area contributed by atoms with Crippen molar-refractivity contribution >= 4 is 55.1 Å². The van der Waals surface area contributed by atoms with Crippen LogP contribution in [0.25, 0.3) is 0 Å². The van der Waals surface area contributed by atoms with Crippen molar-refractivity contribution in [1.29, 1.82) is 0 Å². The fourth-order valence-corrected chi connectivity index (χ4v) is 6.57. The van der Waals surface area contributed by atoms with Crippen LogP contribution in [0.15, 0.2) is 77.3 Å². The molecule has 13 heteroatoms. The number of sulfonamides is 1. The molecule has 236 valence electrons. The Hall–Kier alpha value is -3.09. The van der Waals surface area contributed by atoms with E-state index < -0.39 is 51.9 Å². The SMILES string of the molecule is CS(=O)(=O)N(CC(=O)N(Cc1ccc(Br)cc1)[C@@H](Cc1ccccc1)C(=O)NC1CCCC1)c1cc(C(F)(F)F)ccc1Cl. The van der Waals surface area contributed by atoms with E-state index in [2.05, 4.69) is 21.2 Å². The molecule has 4 rings (SSSR count). The molecule has 44 heavy (non-hydrogen) atoms. The molecular formula is C31H32BrClF3N3O4S. The maximum atomic E-state index is 14.2. The van der Waals surface area contributed by atoms with Crippen molar-refractivity contribution in [2.24, 2.45) is 0 Å². The smallest absolute Gasteiger partial charge is 0.352 e. The van der Waals surface area contributed by atoms with Crippen LogP contribution in [0, 0.1) is 0 Å². The molecule has 0 bridgehead atoms. The van der Waals surface area contributed by atoms with Crippen molar-refractivity contribution in [1.82, 2.24) is 10.2 Å². The summed E-state index contributed by atoms with van der Waals surface area (Å²) < 4.78 is 67.9. The van der Waals surface area contributed by atoms with E-state index in [0.717, 1.165) is 54.1 Å². The van der Waals surface area contributed by atoms with Gasteiger partial charge in [0.15, 0.2) is 0 Å². The Balaban J connectivity index is 1.76. The summed E-state index contributed by atoms with van der Waals surface area (Å²) in [5.41, 5.74) is -0.177. The predicted octanol–water partition coefficient (Wildman–Crippen LogP) is 6.59. The van der Waals surface area contributed by atoms with E-state index in [1.165, 1.54) is 4.90 Å². The van der Waals surface area contributed by atoms with Gasteiger partial charge in [-0.15, -0.1) is 0 Å². The second-order valence-electron chi connectivity index (χ2n) is 10.8. The first-order valence-corrected chi connectivity index (χ1v) is 17.0. The minimum Gasteiger partial charge on any atom is -0.352 e. The van der Waals surface area contributed by atoms with Crippen molar-refractivity contribution in [2.75, 3.05) is 17.1 Å². The van der Waals surface area contributed by atoms with Crippen LogP contribution in [0.1, 0.15) is 42.4 Å². The summed E-state index contributed by atoms with van der Waals surface area (Å²) in [7, 11) is -4.31. The van der Waals surface area contributed by atoms with Crippen LogP contribution in [0.5, 0.6) is 0 Å². The molecule has 7 nitrogen and oxygen atoms in total. The van der Waals surface area contributed by atoms with Crippen LogP contribution >= 0.6 is 27.5 Å². The molecule has 0 heterocycles. The Kier molecular flexibility index (Phi) is 11.0. The number of benzene rings is 3. The fourth-order valence-electron chi connectivity index (χ4n) is 5.18. The van der Waals surface area contributed by atoms with E-state index in [4.69, 9.17) is 11.6 Å². The van der Waals surface area contributed by atoms with Gasteiger partial charge in [-0.05, 0) is 54.3 Å². The lowest BCUT2D eigenvalue weighted by Crippen LogP contribution is -2.54. The van der Waals surface area contributed by atoms with Crippen molar-refractivity contribution in [3.05, 3.63) is 99.0 Å². The minimum atomic E-state index is -4.78. The number of alkyl halides is 3. The van der Waals surface area contributed by atoms with Gasteiger partial charge in [-0.1, -0.05) is 82.8 Å². The van der Waals surface area contributed by atoms with Crippen molar-refractivity contribution in [3.63, 3.8) is 0 Å². The molecule has 3 aromatic rings. The zero-order valence-corrected chi connectivity index (χ0v) is 27.0. The second-order valence-corrected chi connectivity index (χ2v) is 14.0. The van der Waals surface area contributed by atoms with Crippen LogP contribution in [0.4, 0.5) is 18.9 Å². The quantitative estimate of drug-likeness (QED) is 0.243. The Labute approximate surface area is 268 Å². The minimum absolute atomic E-state index is 0.0539. The lowest BCUT2D eigenvalue weighted by atomic mass is 10.0. The van der Waals surface area contributed by atoms with Gasteiger partial charge >= 0.3 is 6.18 Å². The van der Waals surface area contributed by atoms with E-state index in [1.807, 2.05) is 30.3 Å². The molecule has 1 N–H and O–H groups in total. The topological polar surface area (TPSA) is 86.8 Å². The number of hydrogen-bond donors (Lipinski definition) is 1. The summed E-state index contributed by atoms with van der Waals surface area (Å²) >= 11 is 9.59. The summed E-state index contributed by atoms with van der Waals surface area (Å²) in [5.74, 6) is -1.18. The van der Waals surface area contributed by atoms with Gasteiger partial charge in [0.25, 0.3) is 0 Å². The fraction of sp³-hybridized carbons (Fsp3) is 0.355. The van der Waals surface area contributed by atoms with Crippen molar-refractivity contribution < 1.29 is 31.2 Å². The van der Waals surface area contributed by atoms with Gasteiger partial charge in [0.05, 0.1) is 22.5 Å². The molecule has 0 spiro atoms. The molecule has 1 aliphatic rings. The van der Waals surface area contributed by atoms with E-state index in [-0.39, 0.29) is 24.0 Å². The number of carbonyl (C=O) groups is 2. The number of nitrogens with one attached hydrogen (secondary N) is 1. The molecule has 3 aromatic carbocycles. The third kappa shape index (κ3) is 8.98. The molecule has 0 saturated heterocycles. The molecule has 2 amide bonds. The van der Waals surface area contributed by atoms with Gasteiger partial charge in [0.1, 0.15) is 12.6 Å². The standard InChI is InChI=1S/C31H32BrClF3N3O4S/c1-44(42,43)39(27-18-23(31(34,35)36)13-16-26(27)33)20-29(40)38(19-22-11-14-24(32)15-12-22)28(17-21-7-3-2-4-8-21)30(41)37-25-9-5-6-10-25/h2-4,7-8,11-16,18,25,28H,5-6,9-10,17,19-20H2,1H3,(H,37,41)/t28-/m0/s1. The van der Waals surface area contributed by atoms with Crippen molar-refractivity contribution in [2.45, 2.75) is 56.9 Å². The second kappa shape index (κ2) is 14.3. The molecule has 1 aliphatic carbocycles. The molecular weight excluding hydrogens is 683 g/mol. The lowest BCUT2D eigenvalue weighted by molar-refractivity contribution is -0.140.